The van der Waals surface area contributed by atoms with Gasteiger partial charge in [-0.05, 0) is 5.57 Å². The SMILES string of the molecule is OCC=CC(O)C(=CCO)CO. The van der Waals surface area contributed by atoms with Crippen molar-refractivity contribution in [2.24, 2.45) is 0 Å². The molecule has 0 saturated heterocycles. The molecule has 0 amide bonds. The Balaban J connectivity index is 4.11. The summed E-state index contributed by atoms with van der Waals surface area (Å²) in [5.41, 5.74) is 0.321. The second-order valence-electron chi connectivity index (χ2n) is 2.18. The predicted octanol–water partition coefficient (Wildman–Crippen LogP) is -1.19. The van der Waals surface area contributed by atoms with Gasteiger partial charge >= 0.3 is 0 Å². The van der Waals surface area contributed by atoms with Crippen molar-refractivity contribution in [3.8, 4) is 0 Å². The van der Waals surface area contributed by atoms with E-state index < -0.39 is 6.10 Å². The summed E-state index contributed by atoms with van der Waals surface area (Å²) >= 11 is 0. The fraction of sp³-hybridized carbons (Fsp3) is 0.500. The van der Waals surface area contributed by atoms with Crippen LogP contribution >= 0.6 is 0 Å². The van der Waals surface area contributed by atoms with Crippen LogP contribution in [0.25, 0.3) is 0 Å². The van der Waals surface area contributed by atoms with E-state index in [9.17, 15) is 5.11 Å². The molecule has 0 aliphatic rings. The van der Waals surface area contributed by atoms with Gasteiger partial charge in [0.05, 0.1) is 25.9 Å². The van der Waals surface area contributed by atoms with Crippen LogP contribution < -0.4 is 0 Å². The first-order chi connectivity index (χ1) is 5.76. The monoisotopic (exact) mass is 174 g/mol. The van der Waals surface area contributed by atoms with Crippen molar-refractivity contribution in [3.63, 3.8) is 0 Å². The molecule has 0 aliphatic heterocycles. The van der Waals surface area contributed by atoms with E-state index in [1.807, 2.05) is 0 Å². The zero-order valence-corrected chi connectivity index (χ0v) is 6.72. The third kappa shape index (κ3) is 4.25. The highest BCUT2D eigenvalue weighted by Gasteiger charge is 2.04. The number of hydrogen-bond donors (Lipinski definition) is 4. The Morgan fingerprint density at radius 2 is 1.83 bits per heavy atom. The van der Waals surface area contributed by atoms with Crippen LogP contribution in [0.5, 0.6) is 0 Å². The van der Waals surface area contributed by atoms with Gasteiger partial charge in [-0.3, -0.25) is 0 Å². The maximum absolute atomic E-state index is 9.23. The van der Waals surface area contributed by atoms with Crippen molar-refractivity contribution in [1.82, 2.24) is 0 Å². The van der Waals surface area contributed by atoms with Gasteiger partial charge in [-0.25, -0.2) is 0 Å². The lowest BCUT2D eigenvalue weighted by Gasteiger charge is -2.07. The minimum absolute atomic E-state index is 0.158. The predicted molar refractivity (Wildman–Crippen MR) is 44.5 cm³/mol. The van der Waals surface area contributed by atoms with Gasteiger partial charge in [0, 0.05) is 0 Å². The third-order valence-electron chi connectivity index (χ3n) is 1.34. The van der Waals surface area contributed by atoms with Gasteiger partial charge in [0.25, 0.3) is 0 Å². The van der Waals surface area contributed by atoms with Crippen LogP contribution in [-0.2, 0) is 0 Å². The van der Waals surface area contributed by atoms with Crippen LogP contribution in [0.4, 0.5) is 0 Å². The van der Waals surface area contributed by atoms with Gasteiger partial charge in [0.1, 0.15) is 0 Å². The van der Waals surface area contributed by atoms with Crippen molar-refractivity contribution in [2.75, 3.05) is 19.8 Å². The van der Waals surface area contributed by atoms with Crippen LogP contribution in [0.1, 0.15) is 0 Å². The van der Waals surface area contributed by atoms with E-state index in [0.29, 0.717) is 5.57 Å². The second kappa shape index (κ2) is 7.00. The zero-order chi connectivity index (χ0) is 9.40. The molecule has 4 nitrogen and oxygen atoms in total. The van der Waals surface area contributed by atoms with E-state index >= 15 is 0 Å². The third-order valence-corrected chi connectivity index (χ3v) is 1.34. The molecule has 0 saturated carbocycles. The summed E-state index contributed by atoms with van der Waals surface area (Å²) in [6.07, 6.45) is 3.10. The Morgan fingerprint density at radius 1 is 1.17 bits per heavy atom. The normalized spacial score (nSPS) is 15.5. The second-order valence-corrected chi connectivity index (χ2v) is 2.18. The molecule has 70 valence electrons. The molecule has 0 rings (SSSR count). The summed E-state index contributed by atoms with van der Waals surface area (Å²) in [4.78, 5) is 0. The van der Waals surface area contributed by atoms with Gasteiger partial charge in [-0.1, -0.05) is 18.2 Å². The van der Waals surface area contributed by atoms with Crippen molar-refractivity contribution in [1.29, 1.82) is 0 Å². The highest BCUT2D eigenvalue weighted by molar-refractivity contribution is 5.15. The lowest BCUT2D eigenvalue weighted by atomic mass is 10.1. The molecule has 1 unspecified atom stereocenters. The van der Waals surface area contributed by atoms with Gasteiger partial charge in [0.15, 0.2) is 0 Å². The molecule has 0 aromatic heterocycles. The summed E-state index contributed by atoms with van der Waals surface area (Å²) < 4.78 is 0. The number of rotatable bonds is 5. The molecule has 0 radical (unpaired) electrons. The molecule has 1 atom stereocenters. The van der Waals surface area contributed by atoms with Crippen molar-refractivity contribution in [3.05, 3.63) is 23.8 Å². The first-order valence-electron chi connectivity index (χ1n) is 3.62. The van der Waals surface area contributed by atoms with Crippen molar-refractivity contribution >= 4 is 0 Å². The summed E-state index contributed by atoms with van der Waals surface area (Å²) in [5.74, 6) is 0. The van der Waals surface area contributed by atoms with Crippen LogP contribution in [0, 0.1) is 0 Å². The minimum Gasteiger partial charge on any atom is -0.392 e. The largest absolute Gasteiger partial charge is 0.392 e. The van der Waals surface area contributed by atoms with Gasteiger partial charge in [0.2, 0.25) is 0 Å². The van der Waals surface area contributed by atoms with E-state index in [1.54, 1.807) is 0 Å². The van der Waals surface area contributed by atoms with E-state index in [4.69, 9.17) is 15.3 Å². The molecule has 0 fully saturated rings. The van der Waals surface area contributed by atoms with Gasteiger partial charge < -0.3 is 20.4 Å². The molecular weight excluding hydrogens is 160 g/mol. The zero-order valence-electron chi connectivity index (χ0n) is 6.72. The number of aliphatic hydroxyl groups is 4. The van der Waals surface area contributed by atoms with Gasteiger partial charge in [-0.15, -0.1) is 0 Å². The average Bonchev–Trinajstić information content (AvgIpc) is 2.10. The quantitative estimate of drug-likeness (QED) is 0.395. The smallest absolute Gasteiger partial charge is 0.0955 e. The summed E-state index contributed by atoms with van der Waals surface area (Å²) in [6.45, 7) is -0.688. The Hall–Kier alpha value is -0.680. The Bertz CT molecular complexity index is 162. The molecule has 0 heterocycles. The van der Waals surface area contributed by atoms with Crippen LogP contribution in [0.3, 0.4) is 0 Å². The maximum Gasteiger partial charge on any atom is 0.0955 e. The topological polar surface area (TPSA) is 80.9 Å². The highest BCUT2D eigenvalue weighted by Crippen LogP contribution is 2.02. The Morgan fingerprint density at radius 3 is 2.25 bits per heavy atom. The van der Waals surface area contributed by atoms with E-state index in [1.165, 1.54) is 18.2 Å². The summed E-state index contributed by atoms with van der Waals surface area (Å²) in [6, 6.07) is 0. The van der Waals surface area contributed by atoms with Crippen LogP contribution in [0.2, 0.25) is 0 Å². The fourth-order valence-electron chi connectivity index (χ4n) is 0.709. The Labute approximate surface area is 71.1 Å². The summed E-state index contributed by atoms with van der Waals surface area (Å²) in [7, 11) is 0. The average molecular weight is 174 g/mol. The molecule has 0 bridgehead atoms. The van der Waals surface area contributed by atoms with E-state index in [-0.39, 0.29) is 19.8 Å². The first kappa shape index (κ1) is 11.3. The number of aliphatic hydroxyl groups excluding tert-OH is 4. The first-order valence-corrected chi connectivity index (χ1v) is 3.62. The van der Waals surface area contributed by atoms with Crippen molar-refractivity contribution in [2.45, 2.75) is 6.10 Å². The fourth-order valence-corrected chi connectivity index (χ4v) is 0.709. The van der Waals surface area contributed by atoms with Crippen molar-refractivity contribution < 1.29 is 20.4 Å². The van der Waals surface area contributed by atoms with E-state index in [2.05, 4.69) is 0 Å². The Kier molecular flexibility index (Phi) is 6.60. The highest BCUT2D eigenvalue weighted by atomic mass is 16.3. The van der Waals surface area contributed by atoms with E-state index in [0.717, 1.165) is 0 Å². The molecule has 0 aromatic rings. The molecule has 4 N–H and O–H groups in total. The molecule has 12 heavy (non-hydrogen) atoms. The summed E-state index contributed by atoms with van der Waals surface area (Å²) in [5, 5.41) is 34.8. The molecule has 0 aliphatic carbocycles. The molecular formula is C8H14O4. The lowest BCUT2D eigenvalue weighted by molar-refractivity contribution is 0.222. The minimum atomic E-state index is -0.936. The standard InChI is InChI=1S/C8H14O4/c9-4-1-2-8(12)7(6-11)3-5-10/h1-3,8-12H,4-6H2. The lowest BCUT2D eigenvalue weighted by Crippen LogP contribution is -2.11. The molecule has 0 spiro atoms. The van der Waals surface area contributed by atoms with Crippen LogP contribution in [-0.4, -0.2) is 46.4 Å². The van der Waals surface area contributed by atoms with Gasteiger partial charge in [-0.2, -0.15) is 0 Å². The molecule has 0 aromatic carbocycles. The molecule has 4 heteroatoms. The number of hydrogen-bond acceptors (Lipinski definition) is 4. The maximum atomic E-state index is 9.23. The van der Waals surface area contributed by atoms with Crippen LogP contribution in [0.15, 0.2) is 23.8 Å².